The highest BCUT2D eigenvalue weighted by Crippen LogP contribution is 2.27. The van der Waals surface area contributed by atoms with Crippen molar-refractivity contribution in [3.63, 3.8) is 0 Å². The number of anilines is 1. The van der Waals surface area contributed by atoms with Gasteiger partial charge in [-0.1, -0.05) is 12.1 Å². The molecule has 0 bridgehead atoms. The van der Waals surface area contributed by atoms with Crippen LogP contribution in [-0.2, 0) is 7.05 Å². The predicted molar refractivity (Wildman–Crippen MR) is 114 cm³/mol. The number of aryl methyl sites for hydroxylation is 3. The number of hydrogen-bond acceptors (Lipinski definition) is 4. The van der Waals surface area contributed by atoms with Crippen molar-refractivity contribution in [2.24, 2.45) is 7.05 Å². The number of nitrogens with zero attached hydrogens (tertiary/aromatic N) is 3. The van der Waals surface area contributed by atoms with Gasteiger partial charge >= 0.3 is 0 Å². The molecular formula is C23H20N4O2. The van der Waals surface area contributed by atoms with Gasteiger partial charge in [-0.15, -0.1) is 0 Å². The lowest BCUT2D eigenvalue weighted by Gasteiger charge is -2.13. The third-order valence-corrected chi connectivity index (χ3v) is 4.93. The summed E-state index contributed by atoms with van der Waals surface area (Å²) in [7, 11) is 1.76. The first kappa shape index (κ1) is 18.6. The van der Waals surface area contributed by atoms with Gasteiger partial charge in [-0.2, -0.15) is 0 Å². The summed E-state index contributed by atoms with van der Waals surface area (Å²) in [4.78, 5) is 33.9. The number of pyridine rings is 3. The Bertz CT molecular complexity index is 1290. The molecule has 0 fully saturated rings. The van der Waals surface area contributed by atoms with Crippen LogP contribution in [0.15, 0.2) is 65.7 Å². The molecule has 6 heteroatoms. The van der Waals surface area contributed by atoms with E-state index in [-0.39, 0.29) is 11.5 Å². The summed E-state index contributed by atoms with van der Waals surface area (Å²) in [5.41, 5.74) is 4.81. The van der Waals surface area contributed by atoms with E-state index in [1.807, 2.05) is 44.2 Å². The number of fused-ring (bicyclic) bond motifs is 1. The molecular weight excluding hydrogens is 364 g/mol. The van der Waals surface area contributed by atoms with Gasteiger partial charge in [0.1, 0.15) is 5.69 Å². The highest BCUT2D eigenvalue weighted by Gasteiger charge is 2.14. The third-order valence-electron chi connectivity index (χ3n) is 4.93. The normalized spacial score (nSPS) is 10.9. The molecule has 0 aliphatic heterocycles. The van der Waals surface area contributed by atoms with Crippen LogP contribution in [0.3, 0.4) is 0 Å². The van der Waals surface area contributed by atoms with Gasteiger partial charge in [-0.3, -0.25) is 19.6 Å². The highest BCUT2D eigenvalue weighted by atomic mass is 16.2. The van der Waals surface area contributed by atoms with Gasteiger partial charge in [-0.25, -0.2) is 0 Å². The molecule has 3 aromatic heterocycles. The first-order chi connectivity index (χ1) is 13.9. The van der Waals surface area contributed by atoms with Crippen LogP contribution in [0.1, 0.15) is 21.7 Å². The standard InChI is InChI=1S/C23H20N4O2/c1-14-7-8-17(26-22(28)20-6-4-5-9-24-20)12-18(14)19-11-16-13-25-15(2)10-21(16)27(3)23(19)29/h4-13H,1-3H3,(H,26,28). The zero-order valence-corrected chi connectivity index (χ0v) is 16.4. The van der Waals surface area contributed by atoms with Crippen molar-refractivity contribution in [1.82, 2.24) is 14.5 Å². The maximum Gasteiger partial charge on any atom is 0.274 e. The number of carbonyl (C=O) groups is 1. The van der Waals surface area contributed by atoms with Gasteiger partial charge in [0.2, 0.25) is 0 Å². The fourth-order valence-electron chi connectivity index (χ4n) is 3.34. The topological polar surface area (TPSA) is 76.9 Å². The summed E-state index contributed by atoms with van der Waals surface area (Å²) in [6.07, 6.45) is 3.35. The molecule has 0 aliphatic carbocycles. The maximum absolute atomic E-state index is 13.0. The summed E-state index contributed by atoms with van der Waals surface area (Å²) in [6.45, 7) is 3.84. The van der Waals surface area contributed by atoms with Gasteiger partial charge in [0.15, 0.2) is 0 Å². The van der Waals surface area contributed by atoms with Crippen LogP contribution < -0.4 is 10.9 Å². The molecule has 3 heterocycles. The van der Waals surface area contributed by atoms with E-state index in [1.165, 1.54) is 0 Å². The molecule has 0 atom stereocenters. The molecule has 0 saturated carbocycles. The molecule has 0 radical (unpaired) electrons. The molecule has 1 aromatic carbocycles. The van der Waals surface area contributed by atoms with Crippen molar-refractivity contribution in [3.05, 3.63) is 88.2 Å². The molecule has 0 unspecified atom stereocenters. The van der Waals surface area contributed by atoms with Gasteiger partial charge < -0.3 is 9.88 Å². The number of rotatable bonds is 3. The Morgan fingerprint density at radius 3 is 2.59 bits per heavy atom. The van der Waals surface area contributed by atoms with Gasteiger partial charge in [0, 0.05) is 41.8 Å². The van der Waals surface area contributed by atoms with E-state index < -0.39 is 0 Å². The summed E-state index contributed by atoms with van der Waals surface area (Å²) in [6, 6.07) is 14.5. The Hall–Kier alpha value is -3.80. The Morgan fingerprint density at radius 2 is 1.83 bits per heavy atom. The summed E-state index contributed by atoms with van der Waals surface area (Å²) in [5.74, 6) is -0.300. The minimum absolute atomic E-state index is 0.0978. The van der Waals surface area contributed by atoms with Crippen molar-refractivity contribution >= 4 is 22.5 Å². The largest absolute Gasteiger partial charge is 0.321 e. The Labute approximate surface area is 167 Å². The van der Waals surface area contributed by atoms with Crippen LogP contribution in [0, 0.1) is 13.8 Å². The van der Waals surface area contributed by atoms with Crippen molar-refractivity contribution in [1.29, 1.82) is 0 Å². The highest BCUT2D eigenvalue weighted by molar-refractivity contribution is 6.03. The average molecular weight is 384 g/mol. The van der Waals surface area contributed by atoms with Crippen molar-refractivity contribution in [2.45, 2.75) is 13.8 Å². The van der Waals surface area contributed by atoms with Gasteiger partial charge in [0.25, 0.3) is 11.5 Å². The lowest BCUT2D eigenvalue weighted by molar-refractivity contribution is 0.102. The molecule has 6 nitrogen and oxygen atoms in total. The second kappa shape index (κ2) is 7.31. The fraction of sp³-hybridized carbons (Fsp3) is 0.130. The lowest BCUT2D eigenvalue weighted by Crippen LogP contribution is -2.19. The monoisotopic (exact) mass is 384 g/mol. The zero-order chi connectivity index (χ0) is 20.5. The summed E-state index contributed by atoms with van der Waals surface area (Å²) < 4.78 is 1.64. The second-order valence-corrected chi connectivity index (χ2v) is 7.01. The van der Waals surface area contributed by atoms with E-state index in [0.717, 1.165) is 27.7 Å². The Balaban J connectivity index is 1.79. The molecule has 144 valence electrons. The number of benzene rings is 1. The SMILES string of the molecule is Cc1cc2c(cn1)cc(-c1cc(NC(=O)c3ccccn3)ccc1C)c(=O)n2C. The fourth-order valence-corrected chi connectivity index (χ4v) is 3.34. The van der Waals surface area contributed by atoms with Crippen LogP contribution in [0.25, 0.3) is 22.0 Å². The van der Waals surface area contributed by atoms with Crippen LogP contribution in [0.2, 0.25) is 0 Å². The molecule has 1 N–H and O–H groups in total. The number of nitrogens with one attached hydrogen (secondary N) is 1. The summed E-state index contributed by atoms with van der Waals surface area (Å²) >= 11 is 0. The first-order valence-corrected chi connectivity index (χ1v) is 9.24. The smallest absolute Gasteiger partial charge is 0.274 e. The van der Waals surface area contributed by atoms with Crippen LogP contribution in [0.4, 0.5) is 5.69 Å². The molecule has 0 saturated heterocycles. The Morgan fingerprint density at radius 1 is 1.00 bits per heavy atom. The van der Waals surface area contributed by atoms with E-state index in [4.69, 9.17) is 0 Å². The molecule has 0 aliphatic rings. The average Bonchev–Trinajstić information content (AvgIpc) is 2.73. The molecule has 1 amide bonds. The summed E-state index contributed by atoms with van der Waals surface area (Å²) in [5, 5.41) is 3.74. The van der Waals surface area contributed by atoms with Crippen molar-refractivity contribution < 1.29 is 4.79 Å². The van der Waals surface area contributed by atoms with Gasteiger partial charge in [0.05, 0.1) is 5.52 Å². The number of aromatic nitrogens is 3. The van der Waals surface area contributed by atoms with E-state index in [9.17, 15) is 9.59 Å². The van der Waals surface area contributed by atoms with Gasteiger partial charge in [-0.05, 0) is 61.4 Å². The predicted octanol–water partition coefficient (Wildman–Crippen LogP) is 3.86. The first-order valence-electron chi connectivity index (χ1n) is 9.24. The quantitative estimate of drug-likeness (QED) is 0.582. The van der Waals surface area contributed by atoms with Crippen molar-refractivity contribution in [3.8, 4) is 11.1 Å². The number of hydrogen-bond donors (Lipinski definition) is 1. The zero-order valence-electron chi connectivity index (χ0n) is 16.4. The number of amides is 1. The Kier molecular flexibility index (Phi) is 4.68. The molecule has 4 rings (SSSR count). The minimum Gasteiger partial charge on any atom is -0.321 e. The van der Waals surface area contributed by atoms with E-state index in [2.05, 4.69) is 15.3 Å². The van der Waals surface area contributed by atoms with Crippen LogP contribution >= 0.6 is 0 Å². The van der Waals surface area contributed by atoms with E-state index in [0.29, 0.717) is 16.9 Å². The molecule has 4 aromatic rings. The van der Waals surface area contributed by atoms with E-state index >= 15 is 0 Å². The second-order valence-electron chi connectivity index (χ2n) is 7.01. The molecule has 29 heavy (non-hydrogen) atoms. The lowest BCUT2D eigenvalue weighted by atomic mass is 9.99. The van der Waals surface area contributed by atoms with Crippen LogP contribution in [-0.4, -0.2) is 20.4 Å². The minimum atomic E-state index is -0.300. The van der Waals surface area contributed by atoms with Crippen LogP contribution in [0.5, 0.6) is 0 Å². The molecule has 0 spiro atoms. The third kappa shape index (κ3) is 3.52. The van der Waals surface area contributed by atoms with E-state index in [1.54, 1.807) is 42.2 Å². The maximum atomic E-state index is 13.0. The number of carbonyl (C=O) groups excluding carboxylic acids is 1. The van der Waals surface area contributed by atoms with Crippen molar-refractivity contribution in [2.75, 3.05) is 5.32 Å².